The number of halogens is 2. The lowest BCUT2D eigenvalue weighted by Gasteiger charge is -2.37. The van der Waals surface area contributed by atoms with Crippen LogP contribution in [0.3, 0.4) is 0 Å². The van der Waals surface area contributed by atoms with Gasteiger partial charge >= 0.3 is 5.97 Å². The van der Waals surface area contributed by atoms with Crippen molar-refractivity contribution in [3.8, 4) is 17.6 Å². The Morgan fingerprint density at radius 3 is 2.73 bits per heavy atom. The predicted molar refractivity (Wildman–Crippen MR) is 138 cm³/mol. The summed E-state index contributed by atoms with van der Waals surface area (Å²) in [6.07, 6.45) is 4.21. The first kappa shape index (κ1) is 26.5. The highest BCUT2D eigenvalue weighted by Gasteiger charge is 2.31. The Kier molecular flexibility index (Phi) is 8.70. The zero-order chi connectivity index (χ0) is 26.4. The van der Waals surface area contributed by atoms with E-state index in [2.05, 4.69) is 21.7 Å². The third-order valence-electron chi connectivity index (χ3n) is 7.04. The second kappa shape index (κ2) is 12.1. The van der Waals surface area contributed by atoms with Crippen molar-refractivity contribution in [1.29, 1.82) is 0 Å². The van der Waals surface area contributed by atoms with E-state index in [0.717, 1.165) is 54.1 Å². The molecule has 1 aliphatic heterocycles. The molecular weight excluding hydrogens is 476 g/mol. The number of ether oxygens (including phenoxy) is 1. The lowest BCUT2D eigenvalue weighted by molar-refractivity contribution is -0.139. The number of fused-ring (bicyclic) bond motifs is 1. The molecule has 0 saturated carbocycles. The number of hydrogen-bond acceptors (Lipinski definition) is 5. The lowest BCUT2D eigenvalue weighted by atomic mass is 9.79. The number of hydrogen-bond donors (Lipinski definition) is 2. The van der Waals surface area contributed by atoms with Crippen LogP contribution >= 0.6 is 0 Å². The van der Waals surface area contributed by atoms with Crippen LogP contribution in [-0.4, -0.2) is 47.7 Å². The number of carbonyl (C=O) groups is 1. The SMILES string of the molecule is COc1ccc2nccc(C(N)CC[C@@H]3CCN(CC#Cc4cc(F)cc(F)c4)C[C@@H]3CC(=O)O)c2c1. The molecule has 1 saturated heterocycles. The summed E-state index contributed by atoms with van der Waals surface area (Å²) < 4.78 is 32.1. The van der Waals surface area contributed by atoms with Gasteiger partial charge in [0.25, 0.3) is 0 Å². The highest BCUT2D eigenvalue weighted by molar-refractivity contribution is 5.84. The van der Waals surface area contributed by atoms with Gasteiger partial charge in [0.05, 0.1) is 19.2 Å². The number of benzene rings is 2. The van der Waals surface area contributed by atoms with E-state index in [0.29, 0.717) is 13.1 Å². The molecule has 0 aliphatic carbocycles. The number of methoxy groups -OCH3 is 1. The van der Waals surface area contributed by atoms with Crippen molar-refractivity contribution in [2.75, 3.05) is 26.7 Å². The van der Waals surface area contributed by atoms with Crippen LogP contribution < -0.4 is 10.5 Å². The van der Waals surface area contributed by atoms with E-state index in [4.69, 9.17) is 10.5 Å². The molecule has 0 radical (unpaired) electrons. The molecule has 0 spiro atoms. The van der Waals surface area contributed by atoms with E-state index in [1.165, 1.54) is 12.1 Å². The number of aliphatic carboxylic acids is 1. The van der Waals surface area contributed by atoms with Crippen LogP contribution in [0, 0.1) is 35.3 Å². The number of rotatable bonds is 8. The van der Waals surface area contributed by atoms with Gasteiger partial charge in [-0.2, -0.15) is 0 Å². The molecule has 194 valence electrons. The third kappa shape index (κ3) is 7.03. The van der Waals surface area contributed by atoms with Crippen molar-refractivity contribution < 1.29 is 23.4 Å². The third-order valence-corrected chi connectivity index (χ3v) is 7.04. The molecule has 1 aromatic heterocycles. The van der Waals surface area contributed by atoms with Crippen LogP contribution in [0.1, 0.15) is 42.9 Å². The number of pyridine rings is 1. The van der Waals surface area contributed by atoms with Crippen LogP contribution in [0.5, 0.6) is 5.75 Å². The summed E-state index contributed by atoms with van der Waals surface area (Å²) in [5.74, 6) is 4.57. The summed E-state index contributed by atoms with van der Waals surface area (Å²) in [6.45, 7) is 1.79. The molecule has 3 atom stereocenters. The van der Waals surface area contributed by atoms with Gasteiger partial charge in [0, 0.05) is 42.2 Å². The predicted octanol–water partition coefficient (Wildman–Crippen LogP) is 4.77. The molecule has 0 bridgehead atoms. The average molecular weight is 508 g/mol. The van der Waals surface area contributed by atoms with Gasteiger partial charge in [-0.3, -0.25) is 14.7 Å². The standard InChI is InChI=1S/C29H31F2N3O3/c1-37-24-5-7-28-26(17-24)25(8-10-33-28)27(32)6-4-20-9-12-34(18-21(20)15-29(35)36)11-2-3-19-13-22(30)16-23(31)14-19/h5,7-8,10,13-14,16-17,20-21,27H,4,6,9,11-12,15,18,32H2,1H3,(H,35,36)/t20-,21+,27?/m1/s1. The van der Waals surface area contributed by atoms with Gasteiger partial charge in [-0.1, -0.05) is 11.8 Å². The summed E-state index contributed by atoms with van der Waals surface area (Å²) in [6, 6.07) is 10.7. The first-order chi connectivity index (χ1) is 17.8. The topological polar surface area (TPSA) is 88.7 Å². The Morgan fingerprint density at radius 1 is 1.22 bits per heavy atom. The van der Waals surface area contributed by atoms with Crippen LogP contribution in [0.2, 0.25) is 0 Å². The van der Waals surface area contributed by atoms with Gasteiger partial charge < -0.3 is 15.6 Å². The van der Waals surface area contributed by atoms with Gasteiger partial charge in [-0.15, -0.1) is 0 Å². The summed E-state index contributed by atoms with van der Waals surface area (Å²) in [5, 5.41) is 10.5. The molecule has 8 heteroatoms. The monoisotopic (exact) mass is 507 g/mol. The fraction of sp³-hybridized carbons (Fsp3) is 0.379. The van der Waals surface area contributed by atoms with Crippen molar-refractivity contribution in [3.05, 3.63) is 71.4 Å². The molecule has 6 nitrogen and oxygen atoms in total. The number of likely N-dealkylation sites (tertiary alicyclic amines) is 1. The van der Waals surface area contributed by atoms with E-state index in [1.54, 1.807) is 13.3 Å². The first-order valence-corrected chi connectivity index (χ1v) is 12.4. The number of piperidine rings is 1. The first-order valence-electron chi connectivity index (χ1n) is 12.4. The van der Waals surface area contributed by atoms with E-state index in [-0.39, 0.29) is 29.9 Å². The Morgan fingerprint density at radius 2 is 2.00 bits per heavy atom. The molecule has 3 aromatic rings. The van der Waals surface area contributed by atoms with Gasteiger partial charge in [-0.25, -0.2) is 8.78 Å². The fourth-order valence-electron chi connectivity index (χ4n) is 5.16. The van der Waals surface area contributed by atoms with Gasteiger partial charge in [0.2, 0.25) is 0 Å². The number of nitrogens with zero attached hydrogens (tertiary/aromatic N) is 2. The van der Waals surface area contributed by atoms with Crippen molar-refractivity contribution in [3.63, 3.8) is 0 Å². The van der Waals surface area contributed by atoms with Gasteiger partial charge in [0.1, 0.15) is 17.4 Å². The van der Waals surface area contributed by atoms with E-state index >= 15 is 0 Å². The van der Waals surface area contributed by atoms with E-state index < -0.39 is 17.6 Å². The molecule has 3 N–H and O–H groups in total. The van der Waals surface area contributed by atoms with Crippen LogP contribution in [0.25, 0.3) is 10.9 Å². The van der Waals surface area contributed by atoms with Crippen molar-refractivity contribution in [1.82, 2.24) is 9.88 Å². The maximum absolute atomic E-state index is 13.4. The molecular formula is C29H31F2N3O3. The minimum Gasteiger partial charge on any atom is -0.497 e. The normalized spacial score (nSPS) is 18.7. The summed E-state index contributed by atoms with van der Waals surface area (Å²) in [5.41, 5.74) is 8.76. The molecule has 2 aromatic carbocycles. The van der Waals surface area contributed by atoms with E-state index in [9.17, 15) is 18.7 Å². The highest BCUT2D eigenvalue weighted by Crippen LogP contribution is 2.34. The molecule has 37 heavy (non-hydrogen) atoms. The Hall–Kier alpha value is -3.54. The average Bonchev–Trinajstić information content (AvgIpc) is 2.86. The number of nitrogens with two attached hydrogens (primary N) is 1. The Labute approximate surface area is 215 Å². The fourth-order valence-corrected chi connectivity index (χ4v) is 5.16. The van der Waals surface area contributed by atoms with Crippen LogP contribution in [0.15, 0.2) is 48.7 Å². The van der Waals surface area contributed by atoms with Crippen LogP contribution in [0.4, 0.5) is 8.78 Å². The zero-order valence-corrected chi connectivity index (χ0v) is 20.8. The molecule has 1 unspecified atom stereocenters. The Balaban J connectivity index is 1.39. The molecule has 1 fully saturated rings. The summed E-state index contributed by atoms with van der Waals surface area (Å²) in [7, 11) is 1.62. The van der Waals surface area contributed by atoms with Gasteiger partial charge in [0.15, 0.2) is 0 Å². The number of carboxylic acid groups (broad SMARTS) is 1. The largest absolute Gasteiger partial charge is 0.497 e. The summed E-state index contributed by atoms with van der Waals surface area (Å²) in [4.78, 5) is 18.1. The molecule has 0 amide bonds. The second-order valence-corrected chi connectivity index (χ2v) is 9.57. The minimum atomic E-state index is -0.824. The molecule has 2 heterocycles. The molecule has 1 aliphatic rings. The molecule has 4 rings (SSSR count). The minimum absolute atomic E-state index is 0.0267. The highest BCUT2D eigenvalue weighted by atomic mass is 19.1. The lowest BCUT2D eigenvalue weighted by Crippen LogP contribution is -2.41. The maximum atomic E-state index is 13.4. The maximum Gasteiger partial charge on any atom is 0.303 e. The zero-order valence-electron chi connectivity index (χ0n) is 20.8. The van der Waals surface area contributed by atoms with Gasteiger partial charge in [-0.05, 0) is 79.6 Å². The van der Waals surface area contributed by atoms with Crippen molar-refractivity contribution in [2.24, 2.45) is 17.6 Å². The Bertz CT molecular complexity index is 1300. The second-order valence-electron chi connectivity index (χ2n) is 9.57. The van der Waals surface area contributed by atoms with Crippen LogP contribution in [-0.2, 0) is 4.79 Å². The van der Waals surface area contributed by atoms with Crippen molar-refractivity contribution in [2.45, 2.75) is 31.7 Å². The quantitative estimate of drug-likeness (QED) is 0.427. The summed E-state index contributed by atoms with van der Waals surface area (Å²) >= 11 is 0. The number of aromatic nitrogens is 1. The number of carboxylic acids is 1. The van der Waals surface area contributed by atoms with Crippen molar-refractivity contribution >= 4 is 16.9 Å². The smallest absolute Gasteiger partial charge is 0.303 e. The van der Waals surface area contributed by atoms with E-state index in [1.807, 2.05) is 24.3 Å².